The number of aromatic amines is 1. The third-order valence-corrected chi connectivity index (χ3v) is 9.18. The highest BCUT2D eigenvalue weighted by Crippen LogP contribution is 2.40. The minimum absolute atomic E-state index is 0.0166. The average Bonchev–Trinajstić information content (AvgIpc) is 3.52. The Balaban J connectivity index is 0.000000175. The van der Waals surface area contributed by atoms with E-state index in [4.69, 9.17) is 22.2 Å². The molecule has 1 aromatic heterocycles. The van der Waals surface area contributed by atoms with Crippen LogP contribution in [0.25, 0.3) is 10.2 Å². The standard InChI is InChI=1S/C17H23NO2.C13H16FN3O2.C7H4ClNOS/c1-2-3-4-5-7-10-14-13-16(14)17(19)18-20-15-11-8-6-9-12-15;14-9-3-1-4-10(7-9)16-8-12(18)17-6-2-5-11(17)13(15)19;8-4-1-2-5-6(3-4)11-7(10)9-5/h6-12,14,16H,2-5,13H2,1H3,(H,18,19);1,3-4,7,11,16H,2,5-6,8H2,(H2,15,19);1-3H,(H,9,10)/b10-7-;;. The van der Waals surface area contributed by atoms with Crippen molar-refractivity contribution in [1.29, 1.82) is 0 Å². The van der Waals surface area contributed by atoms with Crippen molar-refractivity contribution in [2.24, 2.45) is 17.6 Å². The predicted molar refractivity (Wildman–Crippen MR) is 196 cm³/mol. The number of rotatable bonds is 12. The van der Waals surface area contributed by atoms with Crippen LogP contribution < -0.4 is 26.2 Å². The maximum absolute atomic E-state index is 13.0. The lowest BCUT2D eigenvalue weighted by Crippen LogP contribution is -2.45. The van der Waals surface area contributed by atoms with Gasteiger partial charge in [0.1, 0.15) is 11.9 Å². The average molecular weight is 724 g/mol. The molecule has 2 heterocycles. The van der Waals surface area contributed by atoms with Gasteiger partial charge in [-0.1, -0.05) is 79.1 Å². The number of hydrogen-bond donors (Lipinski definition) is 4. The van der Waals surface area contributed by atoms with Crippen molar-refractivity contribution >= 4 is 56.6 Å². The van der Waals surface area contributed by atoms with Gasteiger partial charge < -0.3 is 25.8 Å². The largest absolute Gasteiger partial charge is 0.380 e. The summed E-state index contributed by atoms with van der Waals surface area (Å²) in [5, 5.41) is 3.50. The van der Waals surface area contributed by atoms with Gasteiger partial charge in [-0.2, -0.15) is 5.48 Å². The van der Waals surface area contributed by atoms with Crippen molar-refractivity contribution in [1.82, 2.24) is 15.4 Å². The third-order valence-electron chi connectivity index (χ3n) is 8.10. The van der Waals surface area contributed by atoms with E-state index >= 15 is 0 Å². The second kappa shape index (κ2) is 19.5. The van der Waals surface area contributed by atoms with Gasteiger partial charge in [-0.25, -0.2) is 4.39 Å². The molecule has 0 spiro atoms. The Kier molecular flexibility index (Phi) is 14.9. The number of aromatic nitrogens is 1. The molecule has 4 aromatic rings. The summed E-state index contributed by atoms with van der Waals surface area (Å²) in [5.74, 6) is 0.0816. The number of benzene rings is 3. The van der Waals surface area contributed by atoms with Crippen LogP contribution in [0, 0.1) is 17.7 Å². The zero-order valence-corrected chi connectivity index (χ0v) is 29.5. The number of carbonyl (C=O) groups is 3. The topological polar surface area (TPSA) is 147 Å². The maximum Gasteiger partial charge on any atom is 0.305 e. The van der Waals surface area contributed by atoms with Gasteiger partial charge >= 0.3 is 4.87 Å². The number of para-hydroxylation sites is 1. The van der Waals surface area contributed by atoms with E-state index < -0.39 is 11.9 Å². The fraction of sp³-hybridized carbons (Fsp3) is 0.351. The molecule has 10 nitrogen and oxygen atoms in total. The van der Waals surface area contributed by atoms with Crippen LogP contribution >= 0.6 is 22.9 Å². The highest BCUT2D eigenvalue weighted by Gasteiger charge is 2.41. The molecule has 3 aromatic carbocycles. The van der Waals surface area contributed by atoms with Crippen molar-refractivity contribution < 1.29 is 23.6 Å². The first-order chi connectivity index (χ1) is 24.1. The molecular formula is C37H43ClFN5O5S. The van der Waals surface area contributed by atoms with Gasteiger partial charge in [-0.3, -0.25) is 19.2 Å². The lowest BCUT2D eigenvalue weighted by atomic mass is 10.2. The number of thiazole rings is 1. The van der Waals surface area contributed by atoms with Gasteiger partial charge in [-0.15, -0.1) is 0 Å². The molecule has 6 rings (SSSR count). The second-order valence-corrected chi connectivity index (χ2v) is 13.4. The first kappa shape index (κ1) is 38.1. The lowest BCUT2D eigenvalue weighted by molar-refractivity contribution is -0.135. The highest BCUT2D eigenvalue weighted by atomic mass is 35.5. The monoisotopic (exact) mass is 723 g/mol. The summed E-state index contributed by atoms with van der Waals surface area (Å²) in [5.41, 5.74) is 9.16. The van der Waals surface area contributed by atoms with Crippen LogP contribution in [0.5, 0.6) is 5.75 Å². The Labute approximate surface area is 299 Å². The number of allylic oxidation sites excluding steroid dienone is 2. The van der Waals surface area contributed by atoms with E-state index in [1.165, 1.54) is 47.6 Å². The van der Waals surface area contributed by atoms with Crippen molar-refractivity contribution in [3.8, 4) is 5.75 Å². The maximum atomic E-state index is 13.0. The third kappa shape index (κ3) is 12.3. The Bertz CT molecular complexity index is 1800. The molecule has 13 heteroatoms. The molecule has 1 aliphatic carbocycles. The van der Waals surface area contributed by atoms with E-state index in [9.17, 15) is 23.6 Å². The number of anilines is 1. The predicted octanol–water partition coefficient (Wildman–Crippen LogP) is 6.83. The minimum atomic E-state index is -0.512. The number of fused-ring (bicyclic) bond motifs is 1. The van der Waals surface area contributed by atoms with E-state index in [2.05, 4.69) is 34.9 Å². The SMILES string of the molecule is CCCCC/C=C\C1CC1C(=O)NOc1ccccc1.NC(=O)C1CCCN1C(=O)CNc1cccc(F)c1.O=c1[nH]c2ccc(Cl)cc2s1. The molecule has 0 radical (unpaired) electrons. The van der Waals surface area contributed by atoms with Crippen LogP contribution in [0.2, 0.25) is 5.02 Å². The summed E-state index contributed by atoms with van der Waals surface area (Å²) in [6.07, 6.45) is 11.6. The molecule has 5 N–H and O–H groups in total. The number of carbonyl (C=O) groups excluding carboxylic acids is 3. The molecule has 2 fully saturated rings. The summed E-state index contributed by atoms with van der Waals surface area (Å²) in [6.45, 7) is 2.77. The van der Waals surface area contributed by atoms with Crippen LogP contribution in [0.1, 0.15) is 51.9 Å². The van der Waals surface area contributed by atoms with Gasteiger partial charge in [0.15, 0.2) is 5.75 Å². The molecule has 266 valence electrons. The van der Waals surface area contributed by atoms with Crippen LogP contribution in [-0.4, -0.2) is 46.7 Å². The van der Waals surface area contributed by atoms with Crippen molar-refractivity contribution in [3.63, 3.8) is 0 Å². The number of likely N-dealkylation sites (tertiary alicyclic amines) is 1. The molecular weight excluding hydrogens is 681 g/mol. The molecule has 50 heavy (non-hydrogen) atoms. The number of primary amides is 1. The number of hydroxylamine groups is 1. The molecule has 1 aliphatic heterocycles. The number of nitrogens with one attached hydrogen (secondary N) is 3. The van der Waals surface area contributed by atoms with E-state index in [1.54, 1.807) is 30.3 Å². The number of amides is 3. The number of nitrogens with zero attached hydrogens (tertiary/aromatic N) is 1. The van der Waals surface area contributed by atoms with Crippen LogP contribution in [0.15, 0.2) is 89.7 Å². The molecule has 1 saturated heterocycles. The molecule has 0 bridgehead atoms. The van der Waals surface area contributed by atoms with E-state index in [-0.39, 0.29) is 35.0 Å². The molecule has 2 aliphatic rings. The number of nitrogens with two attached hydrogens (primary N) is 1. The molecule has 3 amide bonds. The Hall–Kier alpha value is -4.68. The van der Waals surface area contributed by atoms with Gasteiger partial charge in [-0.05, 0) is 86.6 Å². The van der Waals surface area contributed by atoms with Gasteiger partial charge in [0.05, 0.1) is 16.8 Å². The second-order valence-electron chi connectivity index (χ2n) is 12.0. The minimum Gasteiger partial charge on any atom is -0.380 e. The zero-order chi connectivity index (χ0) is 35.9. The number of hydrogen-bond acceptors (Lipinski definition) is 7. The van der Waals surface area contributed by atoms with Crippen molar-refractivity contribution in [2.45, 2.75) is 57.9 Å². The van der Waals surface area contributed by atoms with Crippen LogP contribution in [0.3, 0.4) is 0 Å². The van der Waals surface area contributed by atoms with E-state index in [1.807, 2.05) is 30.3 Å². The van der Waals surface area contributed by atoms with Crippen LogP contribution in [-0.2, 0) is 14.4 Å². The van der Waals surface area contributed by atoms with E-state index in [0.29, 0.717) is 35.3 Å². The van der Waals surface area contributed by atoms with Gasteiger partial charge in [0, 0.05) is 23.2 Å². The summed E-state index contributed by atoms with van der Waals surface area (Å²) in [6, 6.07) is 20.0. The quantitative estimate of drug-likeness (QED) is 0.0717. The normalized spacial score (nSPS) is 17.7. The van der Waals surface area contributed by atoms with Gasteiger partial charge in [0.25, 0.3) is 5.91 Å². The summed E-state index contributed by atoms with van der Waals surface area (Å²) in [7, 11) is 0. The van der Waals surface area contributed by atoms with Crippen molar-refractivity contribution in [2.75, 3.05) is 18.4 Å². The van der Waals surface area contributed by atoms with Crippen molar-refractivity contribution in [3.05, 3.63) is 105 Å². The molecule has 1 saturated carbocycles. The first-order valence-corrected chi connectivity index (χ1v) is 17.9. The Morgan fingerprint density at radius 1 is 1.10 bits per heavy atom. The summed E-state index contributed by atoms with van der Waals surface area (Å²) >= 11 is 6.89. The van der Waals surface area contributed by atoms with Crippen LogP contribution in [0.4, 0.5) is 10.1 Å². The first-order valence-electron chi connectivity index (χ1n) is 16.7. The Morgan fingerprint density at radius 2 is 1.90 bits per heavy atom. The van der Waals surface area contributed by atoms with E-state index in [0.717, 1.165) is 29.5 Å². The smallest absolute Gasteiger partial charge is 0.305 e. The molecule has 3 unspecified atom stereocenters. The Morgan fingerprint density at radius 3 is 2.64 bits per heavy atom. The molecule has 3 atom stereocenters. The van der Waals surface area contributed by atoms with Gasteiger partial charge in [0.2, 0.25) is 11.8 Å². The summed E-state index contributed by atoms with van der Waals surface area (Å²) in [4.78, 5) is 55.2. The summed E-state index contributed by atoms with van der Waals surface area (Å²) < 4.78 is 13.9. The zero-order valence-electron chi connectivity index (χ0n) is 27.9. The number of H-pyrrole nitrogens is 1. The fourth-order valence-electron chi connectivity index (χ4n) is 5.34. The lowest BCUT2D eigenvalue weighted by Gasteiger charge is -2.22. The highest BCUT2D eigenvalue weighted by molar-refractivity contribution is 7.16. The number of halogens is 2. The fourth-order valence-corrected chi connectivity index (χ4v) is 6.36. The number of unbranched alkanes of at least 4 members (excludes halogenated alkanes) is 3.